The summed E-state index contributed by atoms with van der Waals surface area (Å²) in [5.74, 6) is -1.31. The topological polar surface area (TPSA) is 53.4 Å². The van der Waals surface area contributed by atoms with Crippen LogP contribution in [0, 0.1) is 11.7 Å². The molecule has 0 spiro atoms. The maximum atomic E-state index is 14.6. The number of likely N-dealkylation sites (tertiary alicyclic amines) is 1. The van der Waals surface area contributed by atoms with Crippen LogP contribution in [0.25, 0.3) is 10.2 Å². The standard InChI is InChI=1S/C20H19FN2O2S/c21-15-6-2-1-5-14(15)18(23-11-9-13(10-12-23)20(24)25)19-22-16-7-3-4-8-17(16)26-19/h1-8,13,18H,9-12H2,(H,24,25). The molecule has 0 saturated carbocycles. The molecule has 0 bridgehead atoms. The van der Waals surface area contributed by atoms with Crippen molar-refractivity contribution in [2.45, 2.75) is 18.9 Å². The Morgan fingerprint density at radius 1 is 1.15 bits per heavy atom. The van der Waals surface area contributed by atoms with E-state index in [-0.39, 0.29) is 17.8 Å². The Labute approximate surface area is 154 Å². The first kappa shape index (κ1) is 17.1. The van der Waals surface area contributed by atoms with Crippen molar-refractivity contribution >= 4 is 27.5 Å². The minimum Gasteiger partial charge on any atom is -0.481 e. The lowest BCUT2D eigenvalue weighted by atomic mass is 9.94. The first-order chi connectivity index (χ1) is 12.6. The van der Waals surface area contributed by atoms with Gasteiger partial charge in [-0.2, -0.15) is 0 Å². The van der Waals surface area contributed by atoms with E-state index in [9.17, 15) is 14.3 Å². The number of carboxylic acid groups (broad SMARTS) is 1. The van der Waals surface area contributed by atoms with Crippen molar-refractivity contribution in [1.29, 1.82) is 0 Å². The fourth-order valence-electron chi connectivity index (χ4n) is 3.59. The quantitative estimate of drug-likeness (QED) is 0.743. The molecule has 1 aliphatic heterocycles. The summed E-state index contributed by atoms with van der Waals surface area (Å²) in [5, 5.41) is 10.1. The van der Waals surface area contributed by atoms with Gasteiger partial charge in [-0.15, -0.1) is 11.3 Å². The Morgan fingerprint density at radius 2 is 1.85 bits per heavy atom. The average Bonchev–Trinajstić information content (AvgIpc) is 3.07. The third-order valence-corrected chi connectivity index (χ3v) is 6.08. The fourth-order valence-corrected chi connectivity index (χ4v) is 4.72. The molecule has 3 aromatic rings. The number of thiazole rings is 1. The summed E-state index contributed by atoms with van der Waals surface area (Å²) in [6.07, 6.45) is 1.15. The molecule has 6 heteroatoms. The largest absolute Gasteiger partial charge is 0.481 e. The number of hydrogen-bond donors (Lipinski definition) is 1. The number of fused-ring (bicyclic) bond motifs is 1. The minimum atomic E-state index is -0.743. The number of hydrogen-bond acceptors (Lipinski definition) is 4. The molecule has 1 aliphatic rings. The normalized spacial score (nSPS) is 17.4. The fraction of sp³-hybridized carbons (Fsp3) is 0.300. The Morgan fingerprint density at radius 3 is 2.54 bits per heavy atom. The smallest absolute Gasteiger partial charge is 0.306 e. The summed E-state index contributed by atoms with van der Waals surface area (Å²) >= 11 is 1.57. The van der Waals surface area contributed by atoms with Crippen LogP contribution in [0.3, 0.4) is 0 Å². The molecule has 0 radical (unpaired) electrons. The van der Waals surface area contributed by atoms with Crippen LogP contribution in [0.5, 0.6) is 0 Å². The predicted octanol–water partition coefficient (Wildman–Crippen LogP) is 4.32. The molecule has 1 saturated heterocycles. The van der Waals surface area contributed by atoms with Gasteiger partial charge in [0.05, 0.1) is 22.2 Å². The number of aromatic nitrogens is 1. The summed E-state index contributed by atoms with van der Waals surface area (Å²) in [4.78, 5) is 18.2. The summed E-state index contributed by atoms with van der Waals surface area (Å²) < 4.78 is 15.7. The number of rotatable bonds is 4. The molecular formula is C20H19FN2O2S. The molecule has 4 nitrogen and oxygen atoms in total. The molecule has 2 heterocycles. The van der Waals surface area contributed by atoms with E-state index >= 15 is 0 Å². The van der Waals surface area contributed by atoms with E-state index < -0.39 is 5.97 Å². The van der Waals surface area contributed by atoms with Crippen LogP contribution in [-0.2, 0) is 4.79 Å². The molecule has 26 heavy (non-hydrogen) atoms. The number of aliphatic carboxylic acids is 1. The van der Waals surface area contributed by atoms with Gasteiger partial charge in [0.2, 0.25) is 0 Å². The van der Waals surface area contributed by atoms with Gasteiger partial charge in [0.1, 0.15) is 10.8 Å². The van der Waals surface area contributed by atoms with E-state index in [0.29, 0.717) is 31.5 Å². The van der Waals surface area contributed by atoms with Crippen molar-refractivity contribution < 1.29 is 14.3 Å². The second kappa shape index (κ2) is 7.13. The Kier molecular flexibility index (Phi) is 4.70. The van der Waals surface area contributed by atoms with Gasteiger partial charge in [-0.25, -0.2) is 9.37 Å². The van der Waals surface area contributed by atoms with E-state index in [1.807, 2.05) is 30.3 Å². The van der Waals surface area contributed by atoms with Crippen LogP contribution in [0.15, 0.2) is 48.5 Å². The van der Waals surface area contributed by atoms with E-state index in [1.165, 1.54) is 6.07 Å². The minimum absolute atomic E-state index is 0.253. The van der Waals surface area contributed by atoms with Crippen LogP contribution >= 0.6 is 11.3 Å². The highest BCUT2D eigenvalue weighted by Gasteiger charge is 2.33. The van der Waals surface area contributed by atoms with Crippen molar-refractivity contribution in [3.05, 3.63) is 64.9 Å². The Balaban J connectivity index is 1.73. The van der Waals surface area contributed by atoms with Gasteiger partial charge in [0.25, 0.3) is 0 Å². The number of nitrogens with zero attached hydrogens (tertiary/aromatic N) is 2. The van der Waals surface area contributed by atoms with Crippen molar-refractivity contribution in [2.75, 3.05) is 13.1 Å². The molecule has 2 aromatic carbocycles. The molecule has 4 rings (SSSR count). The van der Waals surface area contributed by atoms with E-state index in [1.54, 1.807) is 23.5 Å². The van der Waals surface area contributed by atoms with Gasteiger partial charge in [0.15, 0.2) is 0 Å². The molecule has 1 N–H and O–H groups in total. The van der Waals surface area contributed by atoms with Gasteiger partial charge in [-0.05, 0) is 44.1 Å². The Hall–Kier alpha value is -2.31. The molecule has 134 valence electrons. The molecule has 1 atom stereocenters. The zero-order chi connectivity index (χ0) is 18.1. The molecule has 0 amide bonds. The van der Waals surface area contributed by atoms with Gasteiger partial charge < -0.3 is 5.11 Å². The lowest BCUT2D eigenvalue weighted by molar-refractivity contribution is -0.143. The zero-order valence-electron chi connectivity index (χ0n) is 14.1. The lowest BCUT2D eigenvalue weighted by Crippen LogP contribution is -2.39. The number of carboxylic acids is 1. The van der Waals surface area contributed by atoms with Crippen molar-refractivity contribution in [2.24, 2.45) is 5.92 Å². The van der Waals surface area contributed by atoms with Crippen LogP contribution in [0.4, 0.5) is 4.39 Å². The van der Waals surface area contributed by atoms with Crippen LogP contribution in [0.1, 0.15) is 29.5 Å². The highest BCUT2D eigenvalue weighted by Crippen LogP contribution is 2.37. The van der Waals surface area contributed by atoms with E-state index in [2.05, 4.69) is 4.90 Å². The molecular weight excluding hydrogens is 351 g/mol. The number of piperidine rings is 1. The summed E-state index contributed by atoms with van der Waals surface area (Å²) in [7, 11) is 0. The van der Waals surface area contributed by atoms with Crippen molar-refractivity contribution in [3.63, 3.8) is 0 Å². The SMILES string of the molecule is O=C(O)C1CCN(C(c2nc3ccccc3s2)c2ccccc2F)CC1. The van der Waals surface area contributed by atoms with Gasteiger partial charge >= 0.3 is 5.97 Å². The highest BCUT2D eigenvalue weighted by atomic mass is 32.1. The van der Waals surface area contributed by atoms with Crippen molar-refractivity contribution in [3.8, 4) is 0 Å². The Bertz CT molecular complexity index is 901. The number of benzene rings is 2. The first-order valence-corrected chi connectivity index (χ1v) is 9.52. The number of halogens is 1. The summed E-state index contributed by atoms with van der Waals surface area (Å²) in [6.45, 7) is 1.23. The highest BCUT2D eigenvalue weighted by molar-refractivity contribution is 7.18. The average molecular weight is 370 g/mol. The van der Waals surface area contributed by atoms with Crippen LogP contribution in [0.2, 0.25) is 0 Å². The number of carbonyl (C=O) groups is 1. The summed E-state index contributed by atoms with van der Waals surface area (Å²) in [5.41, 5.74) is 1.51. The van der Waals surface area contributed by atoms with Gasteiger partial charge in [0, 0.05) is 5.56 Å². The molecule has 1 aromatic heterocycles. The third kappa shape index (κ3) is 3.22. The third-order valence-electron chi connectivity index (χ3n) is 4.99. The van der Waals surface area contributed by atoms with Gasteiger partial charge in [-0.3, -0.25) is 9.69 Å². The maximum absolute atomic E-state index is 14.6. The molecule has 1 unspecified atom stereocenters. The first-order valence-electron chi connectivity index (χ1n) is 8.70. The maximum Gasteiger partial charge on any atom is 0.306 e. The second-order valence-corrected chi connectivity index (χ2v) is 7.65. The summed E-state index contributed by atoms with van der Waals surface area (Å²) in [6, 6.07) is 14.4. The van der Waals surface area contributed by atoms with Crippen molar-refractivity contribution in [1.82, 2.24) is 9.88 Å². The number of para-hydroxylation sites is 1. The van der Waals surface area contributed by atoms with E-state index in [0.717, 1.165) is 15.2 Å². The monoisotopic (exact) mass is 370 g/mol. The van der Waals surface area contributed by atoms with E-state index in [4.69, 9.17) is 4.98 Å². The van der Waals surface area contributed by atoms with Crippen LogP contribution < -0.4 is 0 Å². The molecule has 1 fully saturated rings. The zero-order valence-corrected chi connectivity index (χ0v) is 15.0. The molecule has 0 aliphatic carbocycles. The van der Waals surface area contributed by atoms with Gasteiger partial charge in [-0.1, -0.05) is 30.3 Å². The predicted molar refractivity (Wildman–Crippen MR) is 99.8 cm³/mol. The van der Waals surface area contributed by atoms with Crippen LogP contribution in [-0.4, -0.2) is 34.0 Å². The lowest BCUT2D eigenvalue weighted by Gasteiger charge is -2.35. The second-order valence-electron chi connectivity index (χ2n) is 6.59.